The number of alkyl halides is 2. The van der Waals surface area contributed by atoms with E-state index < -0.39 is 60.1 Å². The minimum atomic E-state index is -4.79. The van der Waals surface area contributed by atoms with E-state index in [-0.39, 0.29) is 43.8 Å². The van der Waals surface area contributed by atoms with Gasteiger partial charge in [-0.1, -0.05) is 65.8 Å². The fraction of sp³-hybridized carbons (Fsp3) is 0.600. The Hall–Kier alpha value is -3.30. The second-order valence-electron chi connectivity index (χ2n) is 13.1. The molecule has 14 nitrogen and oxygen atoms in total. The molecule has 0 amide bonds. The molecular weight excluding hydrogens is 796 g/mol. The van der Waals surface area contributed by atoms with Crippen molar-refractivity contribution in [1.29, 1.82) is 0 Å². The number of aliphatic carboxylic acids is 1. The van der Waals surface area contributed by atoms with Gasteiger partial charge < -0.3 is 14.6 Å². The highest BCUT2D eigenvalue weighted by molar-refractivity contribution is 7.86. The lowest BCUT2D eigenvalue weighted by Gasteiger charge is -2.33. The van der Waals surface area contributed by atoms with Crippen molar-refractivity contribution in [2.45, 2.75) is 79.6 Å². The van der Waals surface area contributed by atoms with Gasteiger partial charge in [0.05, 0.1) is 23.7 Å². The summed E-state index contributed by atoms with van der Waals surface area (Å²) in [6.07, 6.45) is 1.98. The minimum absolute atomic E-state index is 0.00961. The van der Waals surface area contributed by atoms with Crippen molar-refractivity contribution >= 4 is 42.6 Å². The number of methoxy groups -OCH3 is 1. The Kier molecular flexibility index (Phi) is 25.2. The molecule has 3 N–H and O–H groups in total. The van der Waals surface area contributed by atoms with Crippen LogP contribution in [-0.2, 0) is 45.0 Å². The number of halogens is 3. The first-order chi connectivity index (χ1) is 25.2. The number of aryl methyl sites for hydroxylation is 1. The van der Waals surface area contributed by atoms with Crippen LogP contribution in [0.4, 0.5) is 12.7 Å². The van der Waals surface area contributed by atoms with E-state index in [2.05, 4.69) is 0 Å². The van der Waals surface area contributed by atoms with Crippen molar-refractivity contribution in [1.82, 2.24) is 4.31 Å². The van der Waals surface area contributed by atoms with Crippen LogP contribution in [0.2, 0.25) is 0 Å². The van der Waals surface area contributed by atoms with E-state index in [4.69, 9.17) is 18.6 Å². The van der Waals surface area contributed by atoms with Gasteiger partial charge in [0.2, 0.25) is 6.93 Å². The number of rotatable bonds is 19. The Balaban J connectivity index is 0. The van der Waals surface area contributed by atoms with Gasteiger partial charge in [-0.05, 0) is 83.4 Å². The van der Waals surface area contributed by atoms with Crippen LogP contribution < -0.4 is 4.74 Å². The monoisotopic (exact) mass is 851 g/mol. The number of ether oxygens (including phenoxy) is 2. The van der Waals surface area contributed by atoms with E-state index in [9.17, 15) is 52.6 Å². The van der Waals surface area contributed by atoms with E-state index in [1.807, 2.05) is 63.2 Å². The molecular formula is C35H56F3NO13S3. The molecule has 0 aromatic heterocycles. The van der Waals surface area contributed by atoms with E-state index in [1.54, 1.807) is 32.9 Å². The molecule has 0 saturated heterocycles. The largest absolute Gasteiger partial charge is 0.492 e. The van der Waals surface area contributed by atoms with Crippen LogP contribution in [-0.4, -0.2) is 101 Å². The van der Waals surface area contributed by atoms with Crippen molar-refractivity contribution in [3.63, 3.8) is 0 Å². The maximum atomic E-state index is 12.5. The Morgan fingerprint density at radius 2 is 1.35 bits per heavy atom. The van der Waals surface area contributed by atoms with Crippen molar-refractivity contribution in [2.75, 3.05) is 45.2 Å². The highest BCUT2D eigenvalue weighted by atomic mass is 32.3. The van der Waals surface area contributed by atoms with Crippen LogP contribution in [0.15, 0.2) is 54.6 Å². The first-order valence-electron chi connectivity index (χ1n) is 17.0. The van der Waals surface area contributed by atoms with Crippen LogP contribution in [0.25, 0.3) is 0 Å². The number of esters is 1. The summed E-state index contributed by atoms with van der Waals surface area (Å²) >= 11 is 0. The van der Waals surface area contributed by atoms with Gasteiger partial charge >= 0.3 is 22.3 Å². The average Bonchev–Trinajstić information content (AvgIpc) is 3.07. The maximum Gasteiger partial charge on any atom is 0.374 e. The molecule has 0 saturated carbocycles. The Bertz CT molecular complexity index is 1730. The molecule has 2 atom stereocenters. The van der Waals surface area contributed by atoms with Gasteiger partial charge in [-0.2, -0.15) is 29.6 Å². The predicted molar refractivity (Wildman–Crippen MR) is 203 cm³/mol. The molecule has 0 aliphatic heterocycles. The lowest BCUT2D eigenvalue weighted by atomic mass is 9.71. The molecule has 318 valence electrons. The molecule has 2 aromatic rings. The Labute approximate surface area is 324 Å². The summed E-state index contributed by atoms with van der Waals surface area (Å²) in [6.45, 7) is 8.87. The van der Waals surface area contributed by atoms with Gasteiger partial charge in [-0.25, -0.2) is 8.78 Å². The summed E-state index contributed by atoms with van der Waals surface area (Å²) in [5.41, 5.74) is 0.687. The number of nitrogens with zero attached hydrogens (tertiary/aromatic N) is 1. The molecule has 2 unspecified atom stereocenters. The normalized spacial score (nSPS) is 13.3. The number of benzene rings is 2. The zero-order chi connectivity index (χ0) is 43.1. The molecule has 0 aliphatic rings. The second-order valence-corrected chi connectivity index (χ2v) is 17.6. The van der Waals surface area contributed by atoms with Crippen LogP contribution in [0.1, 0.15) is 83.8 Å². The zero-order valence-electron chi connectivity index (χ0n) is 32.3. The second kappa shape index (κ2) is 25.8. The number of carbonyl (C=O) groups excluding carboxylic acids is 1. The summed E-state index contributed by atoms with van der Waals surface area (Å²) in [5.74, 6) is -1.46. The third-order valence-electron chi connectivity index (χ3n) is 7.98. The molecule has 0 aliphatic carbocycles. The number of carboxylic acid groups (broad SMARTS) is 1. The van der Waals surface area contributed by atoms with Gasteiger partial charge in [-0.3, -0.25) is 18.7 Å². The molecule has 55 heavy (non-hydrogen) atoms. The fourth-order valence-electron chi connectivity index (χ4n) is 4.80. The highest BCUT2D eigenvalue weighted by Gasteiger charge is 2.39. The fourth-order valence-corrected chi connectivity index (χ4v) is 6.34. The van der Waals surface area contributed by atoms with E-state index in [0.29, 0.717) is 35.7 Å². The number of carboxylic acids is 1. The molecule has 2 rings (SSSR count). The van der Waals surface area contributed by atoms with Crippen molar-refractivity contribution < 1.29 is 71.2 Å². The average molecular weight is 852 g/mol. The first-order valence-corrected chi connectivity index (χ1v) is 21.6. The molecule has 0 radical (unpaired) electrons. The summed E-state index contributed by atoms with van der Waals surface area (Å²) in [5, 5.41) is 9.46. The number of carbonyl (C=O) groups is 2. The third kappa shape index (κ3) is 25.5. The number of hydrogen-bond donors (Lipinski definition) is 3. The molecule has 0 bridgehead atoms. The maximum absolute atomic E-state index is 12.5. The third-order valence-corrected chi connectivity index (χ3v) is 10.5. The zero-order valence-corrected chi connectivity index (χ0v) is 34.7. The summed E-state index contributed by atoms with van der Waals surface area (Å²) < 4.78 is 122. The Morgan fingerprint density at radius 3 is 1.75 bits per heavy atom. The van der Waals surface area contributed by atoms with E-state index in [1.165, 1.54) is 7.11 Å². The summed E-state index contributed by atoms with van der Waals surface area (Å²) in [7, 11) is -11.4. The quantitative estimate of drug-likeness (QED) is 0.0773. The smallest absolute Gasteiger partial charge is 0.374 e. The van der Waals surface area contributed by atoms with Crippen molar-refractivity contribution in [2.24, 2.45) is 10.8 Å². The van der Waals surface area contributed by atoms with E-state index >= 15 is 0 Å². The molecule has 20 heteroatoms. The van der Waals surface area contributed by atoms with Crippen LogP contribution in [0.3, 0.4) is 0 Å². The lowest BCUT2D eigenvalue weighted by Crippen LogP contribution is -2.33. The molecule has 2 aromatic carbocycles. The van der Waals surface area contributed by atoms with Crippen LogP contribution in [0.5, 0.6) is 5.75 Å². The van der Waals surface area contributed by atoms with Gasteiger partial charge in [0.15, 0.2) is 0 Å². The lowest BCUT2D eigenvalue weighted by molar-refractivity contribution is -0.153. The predicted octanol–water partition coefficient (Wildman–Crippen LogP) is 6.59. The first kappa shape index (κ1) is 53.8. The molecule has 0 spiro atoms. The van der Waals surface area contributed by atoms with Gasteiger partial charge in [0.25, 0.3) is 20.2 Å². The van der Waals surface area contributed by atoms with Crippen LogP contribution in [0, 0.1) is 17.8 Å². The molecule has 0 fully saturated rings. The topological polar surface area (TPSA) is 219 Å². The van der Waals surface area contributed by atoms with Crippen molar-refractivity contribution in [3.05, 3.63) is 65.7 Å². The Morgan fingerprint density at radius 1 is 0.836 bits per heavy atom. The minimum Gasteiger partial charge on any atom is -0.492 e. The van der Waals surface area contributed by atoms with Crippen molar-refractivity contribution in [3.8, 4) is 5.75 Å². The standard InChI is InChI=1S/C19H28O4.C9H12O4S.C6H14FNO5S2.CH2F2/c1-6-19(4,17(22)23-5)13-15(12-18(2,3)16(20)21)14-10-8-7-9-11-14;1-8-2-4-9(5-3-8)13-6-7-14(10,11)12;1-2-4-8(15(7,12)13)5-3-6-14(9,10)11;2-1-3/h7-11,15H,6,12-13H2,1-5H3,(H,20,21);2-5H,6-7H2,1H3,(H,10,11,12);2-6H2,1H3,(H,9,10,11);1H2. The summed E-state index contributed by atoms with van der Waals surface area (Å²) in [4.78, 5) is 23.7. The van der Waals surface area contributed by atoms with Gasteiger partial charge in [0.1, 0.15) is 18.1 Å². The SMILES string of the molecule is CCC(C)(CC(CC(C)(C)C(=O)O)c1ccccc1)C(=O)OC.CCCN(CCCS(=O)(=O)O)S(=O)(=O)F.Cc1ccc(OCCS(=O)(=O)O)cc1.FCF. The van der Waals surface area contributed by atoms with Gasteiger partial charge in [0, 0.05) is 13.1 Å². The summed E-state index contributed by atoms with van der Waals surface area (Å²) in [6, 6.07) is 17.0. The number of hydrogen-bond acceptors (Lipinski definition) is 10. The highest BCUT2D eigenvalue weighted by Crippen LogP contribution is 2.42. The molecule has 0 heterocycles. The van der Waals surface area contributed by atoms with Crippen LogP contribution >= 0.6 is 0 Å². The van der Waals surface area contributed by atoms with E-state index in [0.717, 1.165) is 11.1 Å². The van der Waals surface area contributed by atoms with Gasteiger partial charge in [-0.15, -0.1) is 0 Å².